The van der Waals surface area contributed by atoms with Crippen molar-refractivity contribution in [3.63, 3.8) is 0 Å². The van der Waals surface area contributed by atoms with E-state index >= 15 is 0 Å². The van der Waals surface area contributed by atoms with Crippen LogP contribution in [0.1, 0.15) is 21.0 Å². The van der Waals surface area contributed by atoms with E-state index in [4.69, 9.17) is 21.8 Å². The summed E-state index contributed by atoms with van der Waals surface area (Å²) in [5.41, 5.74) is 7.40. The van der Waals surface area contributed by atoms with Crippen molar-refractivity contribution in [2.45, 2.75) is 0 Å². The Hall–Kier alpha value is -3.10. The molecular formula is C17H11ClN4O3S. The van der Waals surface area contributed by atoms with Crippen LogP contribution in [0.2, 0.25) is 5.02 Å². The molecule has 26 heavy (non-hydrogen) atoms. The van der Waals surface area contributed by atoms with E-state index in [9.17, 15) is 9.59 Å². The molecule has 130 valence electrons. The summed E-state index contributed by atoms with van der Waals surface area (Å²) in [5, 5.41) is 6.18. The van der Waals surface area contributed by atoms with Crippen LogP contribution in [-0.4, -0.2) is 21.8 Å². The van der Waals surface area contributed by atoms with Crippen LogP contribution in [0, 0.1) is 0 Å². The molecule has 3 aromatic heterocycles. The van der Waals surface area contributed by atoms with Gasteiger partial charge in [-0.15, -0.1) is 11.3 Å². The molecule has 3 heterocycles. The number of hydrogen-bond acceptors (Lipinski definition) is 5. The SMILES string of the molecule is NC(=O)c1cc(-c2csc(NC(=O)c3cc4cc(Cl)ccc4o3)n2)c[nH]1. The van der Waals surface area contributed by atoms with E-state index in [-0.39, 0.29) is 5.76 Å². The maximum Gasteiger partial charge on any atom is 0.293 e. The molecule has 2 amide bonds. The average Bonchev–Trinajstić information content (AvgIpc) is 3.32. The van der Waals surface area contributed by atoms with Gasteiger partial charge in [0.25, 0.3) is 11.8 Å². The number of aromatic amines is 1. The first kappa shape index (κ1) is 16.4. The molecule has 9 heteroatoms. The number of nitrogens with zero attached hydrogens (tertiary/aromatic N) is 1. The molecular weight excluding hydrogens is 376 g/mol. The number of primary amides is 1. The Kier molecular flexibility index (Phi) is 3.98. The van der Waals surface area contributed by atoms with Crippen LogP contribution in [0.25, 0.3) is 22.2 Å². The van der Waals surface area contributed by atoms with Crippen molar-refractivity contribution < 1.29 is 14.0 Å². The smallest absolute Gasteiger partial charge is 0.293 e. The molecule has 4 aromatic rings. The molecule has 0 spiro atoms. The number of hydrogen-bond donors (Lipinski definition) is 3. The van der Waals surface area contributed by atoms with Crippen LogP contribution < -0.4 is 11.1 Å². The second-order valence-electron chi connectivity index (χ2n) is 5.45. The Morgan fingerprint density at radius 1 is 1.27 bits per heavy atom. The second-order valence-corrected chi connectivity index (χ2v) is 6.75. The number of nitrogens with one attached hydrogen (secondary N) is 2. The fourth-order valence-corrected chi connectivity index (χ4v) is 3.33. The number of benzene rings is 1. The summed E-state index contributed by atoms with van der Waals surface area (Å²) in [6, 6.07) is 8.35. The molecule has 4 N–H and O–H groups in total. The zero-order valence-electron chi connectivity index (χ0n) is 13.1. The molecule has 1 aromatic carbocycles. The number of aromatic nitrogens is 2. The number of fused-ring (bicyclic) bond motifs is 1. The van der Waals surface area contributed by atoms with Gasteiger partial charge in [0.15, 0.2) is 10.9 Å². The number of nitrogens with two attached hydrogens (primary N) is 1. The van der Waals surface area contributed by atoms with Crippen molar-refractivity contribution in [1.29, 1.82) is 0 Å². The summed E-state index contributed by atoms with van der Waals surface area (Å²) in [6.45, 7) is 0. The molecule has 0 aliphatic heterocycles. The lowest BCUT2D eigenvalue weighted by atomic mass is 10.2. The molecule has 0 saturated heterocycles. The van der Waals surface area contributed by atoms with Crippen LogP contribution in [-0.2, 0) is 0 Å². The number of furan rings is 1. The number of carbonyl (C=O) groups excluding carboxylic acids is 2. The number of amides is 2. The van der Waals surface area contributed by atoms with E-state index in [1.54, 1.807) is 41.9 Å². The molecule has 0 unspecified atom stereocenters. The van der Waals surface area contributed by atoms with Gasteiger partial charge in [-0.2, -0.15) is 0 Å². The van der Waals surface area contributed by atoms with Gasteiger partial charge < -0.3 is 15.1 Å². The number of thiazole rings is 1. The first-order valence-corrected chi connectivity index (χ1v) is 8.70. The number of carbonyl (C=O) groups is 2. The Morgan fingerprint density at radius 3 is 2.88 bits per heavy atom. The topological polar surface area (TPSA) is 114 Å². The third-order valence-electron chi connectivity index (χ3n) is 3.67. The highest BCUT2D eigenvalue weighted by molar-refractivity contribution is 7.14. The van der Waals surface area contributed by atoms with E-state index in [0.717, 1.165) is 5.39 Å². The molecule has 0 saturated carbocycles. The monoisotopic (exact) mass is 386 g/mol. The number of H-pyrrole nitrogens is 1. The van der Waals surface area contributed by atoms with E-state index in [1.165, 1.54) is 11.3 Å². The largest absolute Gasteiger partial charge is 0.451 e. The zero-order chi connectivity index (χ0) is 18.3. The average molecular weight is 387 g/mol. The summed E-state index contributed by atoms with van der Waals surface area (Å²) >= 11 is 7.20. The minimum atomic E-state index is -0.551. The lowest BCUT2D eigenvalue weighted by Crippen LogP contribution is -2.10. The van der Waals surface area contributed by atoms with Crippen LogP contribution >= 0.6 is 22.9 Å². The summed E-state index contributed by atoms with van der Waals surface area (Å²) < 4.78 is 5.53. The summed E-state index contributed by atoms with van der Waals surface area (Å²) in [5.74, 6) is -0.799. The Labute approximate surface area is 155 Å². The Balaban J connectivity index is 1.54. The Morgan fingerprint density at radius 2 is 2.12 bits per heavy atom. The maximum absolute atomic E-state index is 12.4. The van der Waals surface area contributed by atoms with Crippen LogP contribution in [0.3, 0.4) is 0 Å². The van der Waals surface area contributed by atoms with Gasteiger partial charge in [-0.3, -0.25) is 14.9 Å². The predicted octanol–water partition coefficient (Wildman–Crippen LogP) is 3.89. The minimum Gasteiger partial charge on any atom is -0.451 e. The first-order valence-electron chi connectivity index (χ1n) is 7.44. The van der Waals surface area contributed by atoms with Crippen molar-refractivity contribution in [3.8, 4) is 11.3 Å². The molecule has 0 bridgehead atoms. The standard InChI is InChI=1S/C17H11ClN4O3S/c18-10-1-2-13-8(3-10)5-14(25-13)16(24)22-17-21-12(7-26-17)9-4-11(15(19)23)20-6-9/h1-7,20H,(H2,19,23)(H,21,22,24). The van der Waals surface area contributed by atoms with E-state index in [0.29, 0.717) is 32.7 Å². The van der Waals surface area contributed by atoms with Crippen molar-refractivity contribution >= 4 is 50.9 Å². The highest BCUT2D eigenvalue weighted by atomic mass is 35.5. The van der Waals surface area contributed by atoms with Crippen LogP contribution in [0.15, 0.2) is 46.3 Å². The van der Waals surface area contributed by atoms with Crippen molar-refractivity contribution in [3.05, 3.63) is 58.4 Å². The normalized spacial score (nSPS) is 11.0. The molecule has 4 rings (SSSR count). The van der Waals surface area contributed by atoms with Gasteiger partial charge in [-0.1, -0.05) is 11.6 Å². The van der Waals surface area contributed by atoms with Gasteiger partial charge in [0.05, 0.1) is 5.69 Å². The third kappa shape index (κ3) is 3.07. The summed E-state index contributed by atoms with van der Waals surface area (Å²) in [7, 11) is 0. The number of anilines is 1. The van der Waals surface area contributed by atoms with Crippen molar-refractivity contribution in [2.24, 2.45) is 5.73 Å². The second kappa shape index (κ2) is 6.32. The molecule has 0 atom stereocenters. The predicted molar refractivity (Wildman–Crippen MR) is 99.6 cm³/mol. The van der Waals surface area contributed by atoms with Gasteiger partial charge in [-0.05, 0) is 30.3 Å². The fraction of sp³-hybridized carbons (Fsp3) is 0. The molecule has 0 radical (unpaired) electrons. The van der Waals surface area contributed by atoms with Gasteiger partial charge in [0.2, 0.25) is 0 Å². The number of halogens is 1. The van der Waals surface area contributed by atoms with E-state index in [2.05, 4.69) is 15.3 Å². The number of rotatable bonds is 4. The van der Waals surface area contributed by atoms with Crippen molar-refractivity contribution in [1.82, 2.24) is 9.97 Å². The first-order chi connectivity index (χ1) is 12.5. The minimum absolute atomic E-state index is 0.164. The molecule has 0 fully saturated rings. The molecule has 0 aliphatic rings. The Bertz CT molecular complexity index is 1140. The zero-order valence-corrected chi connectivity index (χ0v) is 14.6. The lowest BCUT2D eigenvalue weighted by molar-refractivity contribution is 0.0989. The quantitative estimate of drug-likeness (QED) is 0.493. The summed E-state index contributed by atoms with van der Waals surface area (Å²) in [4.78, 5) is 30.6. The highest BCUT2D eigenvalue weighted by Crippen LogP contribution is 2.27. The lowest BCUT2D eigenvalue weighted by Gasteiger charge is -1.97. The van der Waals surface area contributed by atoms with Gasteiger partial charge in [-0.25, -0.2) is 4.98 Å². The van der Waals surface area contributed by atoms with Crippen molar-refractivity contribution in [2.75, 3.05) is 5.32 Å². The van der Waals surface area contributed by atoms with Crippen LogP contribution in [0.4, 0.5) is 5.13 Å². The van der Waals surface area contributed by atoms with E-state index < -0.39 is 11.8 Å². The van der Waals surface area contributed by atoms with Crippen LogP contribution in [0.5, 0.6) is 0 Å². The van der Waals surface area contributed by atoms with Gasteiger partial charge in [0.1, 0.15) is 11.3 Å². The molecule has 7 nitrogen and oxygen atoms in total. The van der Waals surface area contributed by atoms with Gasteiger partial charge >= 0.3 is 0 Å². The summed E-state index contributed by atoms with van der Waals surface area (Å²) in [6.07, 6.45) is 1.63. The fourth-order valence-electron chi connectivity index (χ4n) is 2.43. The highest BCUT2D eigenvalue weighted by Gasteiger charge is 2.15. The van der Waals surface area contributed by atoms with Gasteiger partial charge in [0, 0.05) is 27.5 Å². The van der Waals surface area contributed by atoms with E-state index in [1.807, 2.05) is 0 Å². The molecule has 0 aliphatic carbocycles. The third-order valence-corrected chi connectivity index (χ3v) is 4.66. The maximum atomic E-state index is 12.4.